The van der Waals surface area contributed by atoms with Crippen molar-refractivity contribution in [3.63, 3.8) is 0 Å². The molecule has 0 amide bonds. The number of nitro groups is 1. The lowest BCUT2D eigenvalue weighted by atomic mass is 10.1. The van der Waals surface area contributed by atoms with Gasteiger partial charge >= 0.3 is 0 Å². The van der Waals surface area contributed by atoms with Crippen LogP contribution < -0.4 is 4.90 Å². The number of piperazine rings is 1. The Balaban J connectivity index is 2.04. The molecule has 1 heterocycles. The molecule has 1 fully saturated rings. The molecular formula is C14H20BrN3O3. The van der Waals surface area contributed by atoms with E-state index in [1.54, 1.807) is 12.1 Å². The van der Waals surface area contributed by atoms with Gasteiger partial charge < -0.3 is 10.0 Å². The average Bonchev–Trinajstić information content (AvgIpc) is 2.49. The molecule has 7 heteroatoms. The molecule has 0 aliphatic carbocycles. The molecule has 116 valence electrons. The van der Waals surface area contributed by atoms with Crippen molar-refractivity contribution in [3.8, 4) is 0 Å². The topological polar surface area (TPSA) is 69.8 Å². The Morgan fingerprint density at radius 2 is 2.05 bits per heavy atom. The molecule has 1 saturated heterocycles. The standard InChI is InChI=1S/C14H20BrN3O3/c1-2-11(10-19)16-5-7-17(8-6-16)14-4-3-12(18(20)21)9-13(14)15/h3-4,9,11,19H,2,5-8,10H2,1H3. The minimum Gasteiger partial charge on any atom is -0.395 e. The Hall–Kier alpha value is -1.18. The highest BCUT2D eigenvalue weighted by Gasteiger charge is 2.23. The van der Waals surface area contributed by atoms with Crippen LogP contribution in [0.15, 0.2) is 22.7 Å². The van der Waals surface area contributed by atoms with Gasteiger partial charge in [0.2, 0.25) is 0 Å². The van der Waals surface area contributed by atoms with Gasteiger partial charge in [-0.2, -0.15) is 0 Å². The lowest BCUT2D eigenvalue weighted by Crippen LogP contribution is -2.51. The summed E-state index contributed by atoms with van der Waals surface area (Å²) in [7, 11) is 0. The Kier molecular flexibility index (Phi) is 5.55. The predicted octanol–water partition coefficient (Wildman–Crippen LogP) is 2.25. The minimum absolute atomic E-state index is 0.0931. The van der Waals surface area contributed by atoms with E-state index in [0.717, 1.165) is 42.8 Å². The molecule has 1 N–H and O–H groups in total. The molecule has 1 aliphatic heterocycles. The van der Waals surface area contributed by atoms with Crippen molar-refractivity contribution in [1.82, 2.24) is 4.90 Å². The number of non-ortho nitro benzene ring substituents is 1. The van der Waals surface area contributed by atoms with Crippen molar-refractivity contribution >= 4 is 27.3 Å². The second-order valence-electron chi connectivity index (χ2n) is 5.16. The molecule has 0 bridgehead atoms. The van der Waals surface area contributed by atoms with E-state index < -0.39 is 0 Å². The van der Waals surface area contributed by atoms with Crippen LogP contribution in [0, 0.1) is 10.1 Å². The summed E-state index contributed by atoms with van der Waals surface area (Å²) < 4.78 is 0.749. The first-order valence-electron chi connectivity index (χ1n) is 7.10. The van der Waals surface area contributed by atoms with E-state index in [1.807, 2.05) is 0 Å². The summed E-state index contributed by atoms with van der Waals surface area (Å²) in [4.78, 5) is 14.9. The summed E-state index contributed by atoms with van der Waals surface area (Å²) in [5.41, 5.74) is 1.08. The van der Waals surface area contributed by atoms with Gasteiger partial charge in [-0.1, -0.05) is 6.92 Å². The Labute approximate surface area is 132 Å². The normalized spacial score (nSPS) is 17.8. The number of aliphatic hydroxyl groups excluding tert-OH is 1. The van der Waals surface area contributed by atoms with Gasteiger partial charge in [0.05, 0.1) is 17.2 Å². The summed E-state index contributed by atoms with van der Waals surface area (Å²) >= 11 is 3.42. The largest absolute Gasteiger partial charge is 0.395 e. The zero-order chi connectivity index (χ0) is 15.4. The van der Waals surface area contributed by atoms with Crippen molar-refractivity contribution in [1.29, 1.82) is 0 Å². The molecule has 0 aromatic heterocycles. The van der Waals surface area contributed by atoms with Crippen LogP contribution in [-0.2, 0) is 0 Å². The van der Waals surface area contributed by atoms with Crippen LogP contribution in [0.5, 0.6) is 0 Å². The fourth-order valence-electron chi connectivity index (χ4n) is 2.70. The van der Waals surface area contributed by atoms with Gasteiger partial charge in [0.1, 0.15) is 0 Å². The maximum Gasteiger partial charge on any atom is 0.270 e. The molecule has 0 saturated carbocycles. The van der Waals surface area contributed by atoms with Gasteiger partial charge in [-0.3, -0.25) is 15.0 Å². The Morgan fingerprint density at radius 1 is 1.38 bits per heavy atom. The molecule has 1 atom stereocenters. The van der Waals surface area contributed by atoms with Gasteiger partial charge in [0.15, 0.2) is 0 Å². The lowest BCUT2D eigenvalue weighted by Gasteiger charge is -2.39. The first-order chi connectivity index (χ1) is 10.1. The second-order valence-corrected chi connectivity index (χ2v) is 6.01. The van der Waals surface area contributed by atoms with Crippen molar-refractivity contribution in [2.24, 2.45) is 0 Å². The summed E-state index contributed by atoms with van der Waals surface area (Å²) in [5, 5.41) is 20.1. The summed E-state index contributed by atoms with van der Waals surface area (Å²) in [6.45, 7) is 5.77. The van der Waals surface area contributed by atoms with Crippen LogP contribution in [0.1, 0.15) is 13.3 Å². The van der Waals surface area contributed by atoms with E-state index in [0.29, 0.717) is 0 Å². The van der Waals surface area contributed by atoms with Gasteiger partial charge in [-0.05, 0) is 28.4 Å². The van der Waals surface area contributed by atoms with E-state index in [4.69, 9.17) is 0 Å². The fourth-order valence-corrected chi connectivity index (χ4v) is 3.31. The quantitative estimate of drug-likeness (QED) is 0.646. The number of halogens is 1. The number of hydrogen-bond acceptors (Lipinski definition) is 5. The van der Waals surface area contributed by atoms with Crippen molar-refractivity contribution in [2.75, 3.05) is 37.7 Å². The van der Waals surface area contributed by atoms with E-state index in [-0.39, 0.29) is 23.3 Å². The average molecular weight is 358 g/mol. The van der Waals surface area contributed by atoms with Gasteiger partial charge in [0.25, 0.3) is 5.69 Å². The molecule has 1 aromatic rings. The van der Waals surface area contributed by atoms with Crippen LogP contribution in [0.25, 0.3) is 0 Å². The lowest BCUT2D eigenvalue weighted by molar-refractivity contribution is -0.384. The van der Waals surface area contributed by atoms with Crippen LogP contribution in [0.2, 0.25) is 0 Å². The highest BCUT2D eigenvalue weighted by molar-refractivity contribution is 9.10. The van der Waals surface area contributed by atoms with Crippen LogP contribution in [0.4, 0.5) is 11.4 Å². The van der Waals surface area contributed by atoms with Crippen LogP contribution in [0.3, 0.4) is 0 Å². The zero-order valence-electron chi connectivity index (χ0n) is 12.0. The molecule has 0 spiro atoms. The molecule has 0 radical (unpaired) electrons. The fraction of sp³-hybridized carbons (Fsp3) is 0.571. The third-order valence-corrected chi connectivity index (χ3v) is 4.63. The van der Waals surface area contributed by atoms with Crippen molar-refractivity contribution in [2.45, 2.75) is 19.4 Å². The molecule has 1 unspecified atom stereocenters. The maximum atomic E-state index is 10.8. The monoisotopic (exact) mass is 357 g/mol. The minimum atomic E-state index is -0.389. The third kappa shape index (κ3) is 3.72. The SMILES string of the molecule is CCC(CO)N1CCN(c2ccc([N+](=O)[O-])cc2Br)CC1. The molecular weight excluding hydrogens is 338 g/mol. The number of aliphatic hydroxyl groups is 1. The zero-order valence-corrected chi connectivity index (χ0v) is 13.6. The highest BCUT2D eigenvalue weighted by atomic mass is 79.9. The number of anilines is 1. The Bertz CT molecular complexity index is 500. The van der Waals surface area contributed by atoms with Crippen molar-refractivity contribution in [3.05, 3.63) is 32.8 Å². The first-order valence-corrected chi connectivity index (χ1v) is 7.90. The predicted molar refractivity (Wildman–Crippen MR) is 85.7 cm³/mol. The first kappa shape index (κ1) is 16.2. The van der Waals surface area contributed by atoms with Gasteiger partial charge in [-0.15, -0.1) is 0 Å². The number of benzene rings is 1. The van der Waals surface area contributed by atoms with Crippen molar-refractivity contribution < 1.29 is 10.0 Å². The molecule has 21 heavy (non-hydrogen) atoms. The maximum absolute atomic E-state index is 10.8. The van der Waals surface area contributed by atoms with E-state index in [2.05, 4.69) is 32.7 Å². The molecule has 1 aliphatic rings. The molecule has 6 nitrogen and oxygen atoms in total. The smallest absolute Gasteiger partial charge is 0.270 e. The van der Waals surface area contributed by atoms with E-state index in [9.17, 15) is 15.2 Å². The number of rotatable bonds is 5. The summed E-state index contributed by atoms with van der Waals surface area (Å²) in [6, 6.07) is 5.10. The Morgan fingerprint density at radius 3 is 2.52 bits per heavy atom. The summed E-state index contributed by atoms with van der Waals surface area (Å²) in [5.74, 6) is 0. The number of nitro benzene ring substituents is 1. The van der Waals surface area contributed by atoms with Crippen LogP contribution >= 0.6 is 15.9 Å². The molecule has 2 rings (SSSR count). The second kappa shape index (κ2) is 7.20. The molecule has 1 aromatic carbocycles. The summed E-state index contributed by atoms with van der Waals surface area (Å²) in [6.07, 6.45) is 0.942. The number of nitrogens with zero attached hydrogens (tertiary/aromatic N) is 3. The van der Waals surface area contributed by atoms with E-state index >= 15 is 0 Å². The van der Waals surface area contributed by atoms with Gasteiger partial charge in [-0.25, -0.2) is 0 Å². The van der Waals surface area contributed by atoms with Gasteiger partial charge in [0, 0.05) is 48.8 Å². The third-order valence-electron chi connectivity index (χ3n) is 4.00. The van der Waals surface area contributed by atoms with E-state index in [1.165, 1.54) is 6.07 Å². The van der Waals surface area contributed by atoms with Crippen LogP contribution in [-0.4, -0.2) is 53.8 Å². The number of hydrogen-bond donors (Lipinski definition) is 1. The highest BCUT2D eigenvalue weighted by Crippen LogP contribution is 2.31.